The van der Waals surface area contributed by atoms with E-state index in [4.69, 9.17) is 0 Å². The Morgan fingerprint density at radius 1 is 1.50 bits per heavy atom. The molecule has 14 heavy (non-hydrogen) atoms. The molecular weight excluding hydrogens is 186 g/mol. The van der Waals surface area contributed by atoms with Gasteiger partial charge in [0.05, 0.1) is 0 Å². The molecule has 1 aromatic rings. The summed E-state index contributed by atoms with van der Waals surface area (Å²) in [5, 5.41) is 3.05. The minimum atomic E-state index is -2.49. The highest BCUT2D eigenvalue weighted by molar-refractivity contribution is 5.18. The Bertz CT molecular complexity index is 289. The Balaban J connectivity index is 2.73. The first-order valence-corrected chi connectivity index (χ1v) is 4.53. The molecule has 1 unspecified atom stereocenters. The van der Waals surface area contributed by atoms with Crippen LogP contribution in [0.5, 0.6) is 0 Å². The number of nitrogens with one attached hydrogen (secondary N) is 1. The molecule has 0 saturated heterocycles. The van der Waals surface area contributed by atoms with Crippen molar-refractivity contribution in [2.45, 2.75) is 25.8 Å². The number of likely N-dealkylation sites (N-methyl/N-ethyl adjacent to an activating group) is 1. The minimum absolute atomic E-state index is 0.147. The third-order valence-electron chi connectivity index (χ3n) is 2.10. The number of halogens is 2. The van der Waals surface area contributed by atoms with E-state index in [9.17, 15) is 8.78 Å². The van der Waals surface area contributed by atoms with Crippen LogP contribution in [0.4, 0.5) is 8.78 Å². The van der Waals surface area contributed by atoms with Crippen LogP contribution in [0.1, 0.15) is 24.6 Å². The Hall–Kier alpha value is -1.03. The van der Waals surface area contributed by atoms with Crippen molar-refractivity contribution in [3.05, 3.63) is 29.6 Å². The standard InChI is InChI=1S/C10H14F2N2/c1-7(13-2)5-8-3-4-14-9(6-8)10(11)12/h3-4,6-7,10,13H,5H2,1-2H3. The summed E-state index contributed by atoms with van der Waals surface area (Å²) in [5.74, 6) is 0. The Morgan fingerprint density at radius 3 is 2.79 bits per heavy atom. The van der Waals surface area contributed by atoms with E-state index in [1.165, 1.54) is 12.3 Å². The maximum Gasteiger partial charge on any atom is 0.280 e. The molecule has 4 heteroatoms. The van der Waals surface area contributed by atoms with Gasteiger partial charge < -0.3 is 5.32 Å². The highest BCUT2D eigenvalue weighted by Crippen LogP contribution is 2.17. The molecule has 0 saturated carbocycles. The second-order valence-electron chi connectivity index (χ2n) is 3.28. The van der Waals surface area contributed by atoms with Crippen molar-refractivity contribution in [1.29, 1.82) is 0 Å². The molecule has 1 heterocycles. The van der Waals surface area contributed by atoms with Crippen LogP contribution in [-0.4, -0.2) is 18.1 Å². The molecule has 0 amide bonds. The first kappa shape index (κ1) is 11.0. The summed E-state index contributed by atoms with van der Waals surface area (Å²) in [4.78, 5) is 3.60. The SMILES string of the molecule is CNC(C)Cc1ccnc(C(F)F)c1. The van der Waals surface area contributed by atoms with Crippen LogP contribution in [0.2, 0.25) is 0 Å². The Labute approximate surface area is 82.4 Å². The topological polar surface area (TPSA) is 24.9 Å². The van der Waals surface area contributed by atoms with Gasteiger partial charge in [-0.15, -0.1) is 0 Å². The molecule has 1 atom stereocenters. The zero-order chi connectivity index (χ0) is 10.6. The number of nitrogens with zero attached hydrogens (tertiary/aromatic N) is 1. The molecule has 0 spiro atoms. The van der Waals surface area contributed by atoms with Gasteiger partial charge >= 0.3 is 0 Å². The molecule has 78 valence electrons. The number of hydrogen-bond donors (Lipinski definition) is 1. The lowest BCUT2D eigenvalue weighted by Gasteiger charge is -2.10. The summed E-state index contributed by atoms with van der Waals surface area (Å²) in [6.45, 7) is 2.00. The van der Waals surface area contributed by atoms with Gasteiger partial charge in [0.1, 0.15) is 5.69 Å². The first-order valence-electron chi connectivity index (χ1n) is 4.53. The molecule has 0 radical (unpaired) electrons. The lowest BCUT2D eigenvalue weighted by Crippen LogP contribution is -2.23. The Kier molecular flexibility index (Phi) is 3.95. The predicted octanol–water partition coefficient (Wildman–Crippen LogP) is 2.17. The second-order valence-corrected chi connectivity index (χ2v) is 3.28. The van der Waals surface area contributed by atoms with E-state index < -0.39 is 6.43 Å². The maximum absolute atomic E-state index is 12.3. The van der Waals surface area contributed by atoms with Gasteiger partial charge in [0.25, 0.3) is 6.43 Å². The van der Waals surface area contributed by atoms with Gasteiger partial charge in [0.15, 0.2) is 0 Å². The van der Waals surface area contributed by atoms with E-state index >= 15 is 0 Å². The molecule has 0 fully saturated rings. The Morgan fingerprint density at radius 2 is 2.21 bits per heavy atom. The van der Waals surface area contributed by atoms with Crippen molar-refractivity contribution >= 4 is 0 Å². The number of rotatable bonds is 4. The van der Waals surface area contributed by atoms with Crippen LogP contribution in [0.25, 0.3) is 0 Å². The van der Waals surface area contributed by atoms with E-state index in [0.29, 0.717) is 0 Å². The smallest absolute Gasteiger partial charge is 0.280 e. The average Bonchev–Trinajstić information content (AvgIpc) is 2.18. The number of hydrogen-bond acceptors (Lipinski definition) is 2. The molecule has 0 aliphatic carbocycles. The molecule has 0 aromatic carbocycles. The molecule has 1 rings (SSSR count). The van der Waals surface area contributed by atoms with Crippen molar-refractivity contribution < 1.29 is 8.78 Å². The van der Waals surface area contributed by atoms with Crippen molar-refractivity contribution in [2.24, 2.45) is 0 Å². The number of alkyl halides is 2. The highest BCUT2D eigenvalue weighted by atomic mass is 19.3. The predicted molar refractivity (Wildman–Crippen MR) is 51.4 cm³/mol. The van der Waals surface area contributed by atoms with Gasteiger partial charge in [-0.25, -0.2) is 8.78 Å². The number of aromatic nitrogens is 1. The van der Waals surface area contributed by atoms with Gasteiger partial charge in [-0.3, -0.25) is 4.98 Å². The van der Waals surface area contributed by atoms with Crippen LogP contribution >= 0.6 is 0 Å². The fourth-order valence-corrected chi connectivity index (χ4v) is 1.20. The van der Waals surface area contributed by atoms with E-state index in [0.717, 1.165) is 12.0 Å². The molecule has 0 bridgehead atoms. The zero-order valence-corrected chi connectivity index (χ0v) is 8.30. The molecular formula is C10H14F2N2. The van der Waals surface area contributed by atoms with Crippen molar-refractivity contribution in [1.82, 2.24) is 10.3 Å². The summed E-state index contributed by atoms with van der Waals surface area (Å²) in [6, 6.07) is 3.50. The second kappa shape index (κ2) is 5.00. The molecule has 1 N–H and O–H groups in total. The summed E-state index contributed by atoms with van der Waals surface area (Å²) < 4.78 is 24.6. The lowest BCUT2D eigenvalue weighted by molar-refractivity contribution is 0.146. The summed E-state index contributed by atoms with van der Waals surface area (Å²) in [5.41, 5.74) is 0.739. The minimum Gasteiger partial charge on any atom is -0.317 e. The van der Waals surface area contributed by atoms with Crippen LogP contribution in [-0.2, 0) is 6.42 Å². The van der Waals surface area contributed by atoms with Crippen molar-refractivity contribution in [3.63, 3.8) is 0 Å². The van der Waals surface area contributed by atoms with Gasteiger partial charge in [0.2, 0.25) is 0 Å². The fraction of sp³-hybridized carbons (Fsp3) is 0.500. The highest BCUT2D eigenvalue weighted by Gasteiger charge is 2.09. The lowest BCUT2D eigenvalue weighted by atomic mass is 10.1. The van der Waals surface area contributed by atoms with Crippen molar-refractivity contribution in [2.75, 3.05) is 7.05 Å². The molecule has 0 aliphatic rings. The van der Waals surface area contributed by atoms with Crippen LogP contribution in [0.3, 0.4) is 0 Å². The van der Waals surface area contributed by atoms with E-state index in [1.54, 1.807) is 6.07 Å². The molecule has 1 aromatic heterocycles. The van der Waals surface area contributed by atoms with Crippen LogP contribution < -0.4 is 5.32 Å². The largest absolute Gasteiger partial charge is 0.317 e. The quantitative estimate of drug-likeness (QED) is 0.805. The van der Waals surface area contributed by atoms with Crippen LogP contribution in [0, 0.1) is 0 Å². The monoisotopic (exact) mass is 200 g/mol. The van der Waals surface area contributed by atoms with Gasteiger partial charge in [0, 0.05) is 12.2 Å². The average molecular weight is 200 g/mol. The first-order chi connectivity index (χ1) is 6.63. The van der Waals surface area contributed by atoms with E-state index in [-0.39, 0.29) is 11.7 Å². The van der Waals surface area contributed by atoms with Gasteiger partial charge in [-0.1, -0.05) is 0 Å². The summed E-state index contributed by atoms with van der Waals surface area (Å²) in [6.07, 6.45) is -0.322. The van der Waals surface area contributed by atoms with Gasteiger partial charge in [-0.05, 0) is 38.1 Å². The normalized spacial score (nSPS) is 13.2. The van der Waals surface area contributed by atoms with Crippen LogP contribution in [0.15, 0.2) is 18.3 Å². The van der Waals surface area contributed by atoms with Gasteiger partial charge in [-0.2, -0.15) is 0 Å². The fourth-order valence-electron chi connectivity index (χ4n) is 1.20. The maximum atomic E-state index is 12.3. The van der Waals surface area contributed by atoms with E-state index in [2.05, 4.69) is 10.3 Å². The summed E-state index contributed by atoms with van der Waals surface area (Å²) in [7, 11) is 1.85. The number of pyridine rings is 1. The third-order valence-corrected chi connectivity index (χ3v) is 2.10. The zero-order valence-electron chi connectivity index (χ0n) is 8.30. The van der Waals surface area contributed by atoms with E-state index in [1.807, 2.05) is 14.0 Å². The molecule has 2 nitrogen and oxygen atoms in total. The third kappa shape index (κ3) is 3.03. The summed E-state index contributed by atoms with van der Waals surface area (Å²) >= 11 is 0. The molecule has 0 aliphatic heterocycles. The van der Waals surface area contributed by atoms with Crippen molar-refractivity contribution in [3.8, 4) is 0 Å².